The van der Waals surface area contributed by atoms with Gasteiger partial charge in [0.1, 0.15) is 0 Å². The fourth-order valence-corrected chi connectivity index (χ4v) is 3.88. The van der Waals surface area contributed by atoms with Gasteiger partial charge in [0.2, 0.25) is 5.91 Å². The number of carbonyl (C=O) groups excluding carboxylic acids is 1. The summed E-state index contributed by atoms with van der Waals surface area (Å²) in [6.07, 6.45) is 0.907. The van der Waals surface area contributed by atoms with Crippen molar-refractivity contribution in [2.45, 2.75) is 26.8 Å². The zero-order valence-corrected chi connectivity index (χ0v) is 18.5. The van der Waals surface area contributed by atoms with Crippen LogP contribution in [-0.2, 0) is 17.8 Å². The molecule has 30 heavy (non-hydrogen) atoms. The number of aryl methyl sites for hydroxylation is 2. The number of carbonyl (C=O) groups is 1. The summed E-state index contributed by atoms with van der Waals surface area (Å²) in [5.41, 5.74) is 4.53. The van der Waals surface area contributed by atoms with Gasteiger partial charge in [0, 0.05) is 38.4 Å². The molecule has 2 aromatic carbocycles. The molecule has 0 spiro atoms. The molecule has 0 aromatic heterocycles. The van der Waals surface area contributed by atoms with Crippen LogP contribution in [0.2, 0.25) is 0 Å². The first-order valence-corrected chi connectivity index (χ1v) is 10.6. The highest BCUT2D eigenvalue weighted by Gasteiger charge is 2.20. The number of anilines is 1. The molecule has 0 radical (unpaired) electrons. The van der Waals surface area contributed by atoms with E-state index in [4.69, 9.17) is 9.47 Å². The number of amides is 1. The first-order valence-electron chi connectivity index (χ1n) is 10.6. The van der Waals surface area contributed by atoms with Crippen LogP contribution in [0.25, 0.3) is 0 Å². The van der Waals surface area contributed by atoms with Gasteiger partial charge in [-0.05, 0) is 48.2 Å². The van der Waals surface area contributed by atoms with Gasteiger partial charge in [0.05, 0.1) is 20.8 Å². The van der Waals surface area contributed by atoms with Crippen LogP contribution < -0.4 is 14.8 Å². The van der Waals surface area contributed by atoms with Crippen molar-refractivity contribution >= 4 is 11.6 Å². The van der Waals surface area contributed by atoms with Gasteiger partial charge in [-0.15, -0.1) is 0 Å². The number of methoxy groups -OCH3 is 2. The van der Waals surface area contributed by atoms with Crippen LogP contribution in [0.1, 0.15) is 23.6 Å². The Morgan fingerprint density at radius 3 is 2.27 bits per heavy atom. The summed E-state index contributed by atoms with van der Waals surface area (Å²) in [5.74, 6) is 1.58. The summed E-state index contributed by atoms with van der Waals surface area (Å²) in [5, 5.41) is 3.07. The van der Waals surface area contributed by atoms with E-state index in [0.29, 0.717) is 6.54 Å². The molecule has 0 aliphatic carbocycles. The lowest BCUT2D eigenvalue weighted by molar-refractivity contribution is -0.117. The Balaban J connectivity index is 1.51. The predicted molar refractivity (Wildman–Crippen MR) is 120 cm³/mol. The van der Waals surface area contributed by atoms with Crippen LogP contribution in [0, 0.1) is 6.92 Å². The maximum atomic E-state index is 12.5. The smallest absolute Gasteiger partial charge is 0.238 e. The molecule has 1 aliphatic rings. The molecule has 0 bridgehead atoms. The van der Waals surface area contributed by atoms with E-state index in [1.54, 1.807) is 14.2 Å². The molecule has 1 fully saturated rings. The first-order chi connectivity index (χ1) is 14.5. The lowest BCUT2D eigenvalue weighted by Crippen LogP contribution is -2.48. The number of hydrogen-bond acceptors (Lipinski definition) is 5. The largest absolute Gasteiger partial charge is 0.493 e. The Morgan fingerprint density at radius 1 is 0.967 bits per heavy atom. The van der Waals surface area contributed by atoms with Gasteiger partial charge in [0.25, 0.3) is 0 Å². The molecule has 3 rings (SSSR count). The number of rotatable bonds is 8. The van der Waals surface area contributed by atoms with Crippen LogP contribution in [0.5, 0.6) is 11.5 Å². The summed E-state index contributed by atoms with van der Waals surface area (Å²) < 4.78 is 10.8. The number of para-hydroxylation sites is 1. The molecule has 1 aliphatic heterocycles. The minimum atomic E-state index is 0.0556. The molecule has 0 saturated carbocycles. The molecule has 2 aromatic rings. The first kappa shape index (κ1) is 22.1. The number of benzene rings is 2. The van der Waals surface area contributed by atoms with Crippen LogP contribution in [0.15, 0.2) is 36.4 Å². The number of nitrogens with one attached hydrogen (secondary N) is 1. The molecule has 1 N–H and O–H groups in total. The van der Waals surface area contributed by atoms with Gasteiger partial charge in [-0.25, -0.2) is 0 Å². The molecular formula is C24H33N3O3. The minimum Gasteiger partial charge on any atom is -0.493 e. The van der Waals surface area contributed by atoms with Gasteiger partial charge in [0.15, 0.2) is 11.5 Å². The second-order valence-corrected chi connectivity index (χ2v) is 7.74. The minimum absolute atomic E-state index is 0.0556. The third-order valence-electron chi connectivity index (χ3n) is 5.74. The van der Waals surface area contributed by atoms with Gasteiger partial charge in [-0.2, -0.15) is 0 Å². The van der Waals surface area contributed by atoms with E-state index in [-0.39, 0.29) is 5.91 Å². The molecule has 6 nitrogen and oxygen atoms in total. The summed E-state index contributed by atoms with van der Waals surface area (Å²) in [4.78, 5) is 17.2. The van der Waals surface area contributed by atoms with Crippen LogP contribution in [0.4, 0.5) is 5.69 Å². The van der Waals surface area contributed by atoms with Crippen molar-refractivity contribution in [3.8, 4) is 11.5 Å². The third kappa shape index (κ3) is 5.52. The van der Waals surface area contributed by atoms with Crippen LogP contribution in [-0.4, -0.2) is 62.7 Å². The highest BCUT2D eigenvalue weighted by molar-refractivity contribution is 5.93. The number of nitrogens with zero attached hydrogens (tertiary/aromatic N) is 2. The van der Waals surface area contributed by atoms with Gasteiger partial charge >= 0.3 is 0 Å². The summed E-state index contributed by atoms with van der Waals surface area (Å²) in [6.45, 7) is 9.15. The highest BCUT2D eigenvalue weighted by atomic mass is 16.5. The molecular weight excluding hydrogens is 378 g/mol. The molecule has 1 heterocycles. The van der Waals surface area contributed by atoms with Crippen molar-refractivity contribution in [2.75, 3.05) is 52.3 Å². The van der Waals surface area contributed by atoms with Crippen molar-refractivity contribution in [1.29, 1.82) is 0 Å². The number of ether oxygens (including phenoxy) is 2. The van der Waals surface area contributed by atoms with E-state index in [2.05, 4.69) is 41.1 Å². The van der Waals surface area contributed by atoms with Crippen molar-refractivity contribution in [3.63, 3.8) is 0 Å². The zero-order valence-electron chi connectivity index (χ0n) is 18.5. The van der Waals surface area contributed by atoms with E-state index < -0.39 is 0 Å². The normalized spacial score (nSPS) is 15.1. The molecule has 1 amide bonds. The second kappa shape index (κ2) is 10.5. The van der Waals surface area contributed by atoms with E-state index in [1.807, 2.05) is 24.3 Å². The van der Waals surface area contributed by atoms with Crippen molar-refractivity contribution in [2.24, 2.45) is 0 Å². The van der Waals surface area contributed by atoms with Crippen LogP contribution >= 0.6 is 0 Å². The fraction of sp³-hybridized carbons (Fsp3) is 0.458. The SMILES string of the molecule is CCc1ccccc1NC(=O)CN1CCN(Cc2cc(OC)c(OC)cc2C)CC1. The third-order valence-corrected chi connectivity index (χ3v) is 5.74. The fourth-order valence-electron chi connectivity index (χ4n) is 3.88. The molecule has 1 saturated heterocycles. The van der Waals surface area contributed by atoms with Crippen molar-refractivity contribution in [3.05, 3.63) is 53.1 Å². The van der Waals surface area contributed by atoms with Gasteiger partial charge < -0.3 is 14.8 Å². The summed E-state index contributed by atoms with van der Waals surface area (Å²) in [6, 6.07) is 12.1. The average molecular weight is 412 g/mol. The predicted octanol–water partition coefficient (Wildman–Crippen LogP) is 3.33. The highest BCUT2D eigenvalue weighted by Crippen LogP contribution is 2.31. The number of hydrogen-bond donors (Lipinski definition) is 1. The summed E-state index contributed by atoms with van der Waals surface area (Å²) in [7, 11) is 3.33. The maximum Gasteiger partial charge on any atom is 0.238 e. The quantitative estimate of drug-likeness (QED) is 0.722. The lowest BCUT2D eigenvalue weighted by Gasteiger charge is -2.34. The monoisotopic (exact) mass is 411 g/mol. The zero-order chi connectivity index (χ0) is 21.5. The van der Waals surface area contributed by atoms with Crippen molar-refractivity contribution in [1.82, 2.24) is 9.80 Å². The topological polar surface area (TPSA) is 54.0 Å². The lowest BCUT2D eigenvalue weighted by atomic mass is 10.1. The molecule has 0 atom stereocenters. The second-order valence-electron chi connectivity index (χ2n) is 7.74. The Bertz CT molecular complexity index is 861. The van der Waals surface area contributed by atoms with Gasteiger partial charge in [-0.3, -0.25) is 14.6 Å². The van der Waals surface area contributed by atoms with E-state index in [1.165, 1.54) is 16.7 Å². The Kier molecular flexibility index (Phi) is 7.71. The summed E-state index contributed by atoms with van der Waals surface area (Å²) >= 11 is 0. The van der Waals surface area contributed by atoms with E-state index in [0.717, 1.165) is 56.3 Å². The molecule has 0 unspecified atom stereocenters. The molecule has 162 valence electrons. The maximum absolute atomic E-state index is 12.5. The van der Waals surface area contributed by atoms with Crippen LogP contribution in [0.3, 0.4) is 0 Å². The number of piperazine rings is 1. The molecule has 6 heteroatoms. The standard InChI is InChI=1S/C24H33N3O3/c1-5-19-8-6-7-9-21(19)25-24(28)17-27-12-10-26(11-13-27)16-20-15-23(30-4)22(29-3)14-18(20)2/h6-9,14-15H,5,10-13,16-17H2,1-4H3,(H,25,28). The van der Waals surface area contributed by atoms with Gasteiger partial charge in [-0.1, -0.05) is 25.1 Å². The average Bonchev–Trinajstić information content (AvgIpc) is 2.76. The Morgan fingerprint density at radius 2 is 1.60 bits per heavy atom. The van der Waals surface area contributed by atoms with E-state index >= 15 is 0 Å². The van der Waals surface area contributed by atoms with E-state index in [9.17, 15) is 4.79 Å². The Labute approximate surface area is 179 Å². The van der Waals surface area contributed by atoms with Crippen molar-refractivity contribution < 1.29 is 14.3 Å². The Hall–Kier alpha value is -2.57.